The Morgan fingerprint density at radius 3 is 1.88 bits per heavy atom. The fraction of sp³-hybridized carbons (Fsp3) is 0.280. The van der Waals surface area contributed by atoms with E-state index in [0.29, 0.717) is 0 Å². The van der Waals surface area contributed by atoms with Gasteiger partial charge in [0.25, 0.3) is 0 Å². The molecule has 140 valence electrons. The van der Waals surface area contributed by atoms with Gasteiger partial charge in [0.1, 0.15) is 0 Å². The zero-order valence-electron chi connectivity index (χ0n) is 17.5. The van der Waals surface area contributed by atoms with Crippen molar-refractivity contribution in [3.05, 3.63) is 84.3 Å². The molecular formula is C25H35N. The maximum atomic E-state index is 4.00. The Balaban J connectivity index is 0.00000146. The molecule has 1 heterocycles. The molecule has 0 N–H and O–H groups in total. The average Bonchev–Trinajstić information content (AvgIpc) is 3.23. The molecule has 1 aliphatic rings. The summed E-state index contributed by atoms with van der Waals surface area (Å²) in [6.45, 7) is 25.8. The smallest absolute Gasteiger partial charge is 0.0488 e. The van der Waals surface area contributed by atoms with Crippen molar-refractivity contribution >= 4 is 23.8 Å². The second-order valence-corrected chi connectivity index (χ2v) is 5.26. The number of hydrogen-bond acceptors (Lipinski definition) is 0. The Morgan fingerprint density at radius 2 is 1.50 bits per heavy atom. The van der Waals surface area contributed by atoms with Gasteiger partial charge in [0.2, 0.25) is 0 Å². The molecule has 0 aromatic carbocycles. The summed E-state index contributed by atoms with van der Waals surface area (Å²) in [6, 6.07) is 0. The van der Waals surface area contributed by atoms with E-state index in [9.17, 15) is 0 Å². The van der Waals surface area contributed by atoms with E-state index in [4.69, 9.17) is 0 Å². The van der Waals surface area contributed by atoms with Gasteiger partial charge >= 0.3 is 0 Å². The fourth-order valence-electron chi connectivity index (χ4n) is 3.07. The standard InChI is InChI=1S/C21H23N.2C2H6/c1-7-12-20-21(18(10-4)19(11-5)22(20)6)17-13-15(8-2)16(9-3)14-17;2*1-2/h7-13H,2-5,14H2,1,6H3;2*1-2H3/b12-7-;;. The summed E-state index contributed by atoms with van der Waals surface area (Å²) in [4.78, 5) is 0. The number of nitrogens with zero attached hydrogens (tertiary/aromatic N) is 1. The summed E-state index contributed by atoms with van der Waals surface area (Å²) < 4.78 is 2.17. The Labute approximate surface area is 161 Å². The molecule has 1 aromatic heterocycles. The molecule has 0 saturated heterocycles. The van der Waals surface area contributed by atoms with Gasteiger partial charge in [-0.3, -0.25) is 0 Å². The van der Waals surface area contributed by atoms with E-state index in [1.165, 1.54) is 22.4 Å². The Hall–Kier alpha value is -2.54. The molecule has 1 nitrogen and oxygen atoms in total. The Bertz CT molecular complexity index is 746. The molecule has 0 saturated carbocycles. The van der Waals surface area contributed by atoms with Crippen LogP contribution in [0.1, 0.15) is 63.6 Å². The quantitative estimate of drug-likeness (QED) is 0.492. The predicted molar refractivity (Wildman–Crippen MR) is 123 cm³/mol. The van der Waals surface area contributed by atoms with Gasteiger partial charge in [-0.15, -0.1) is 0 Å². The Kier molecular flexibility index (Phi) is 10.8. The highest BCUT2D eigenvalue weighted by Crippen LogP contribution is 2.39. The lowest BCUT2D eigenvalue weighted by Crippen LogP contribution is -1.94. The van der Waals surface area contributed by atoms with Crippen molar-refractivity contribution in [3.63, 3.8) is 0 Å². The van der Waals surface area contributed by atoms with Gasteiger partial charge in [0, 0.05) is 29.6 Å². The highest BCUT2D eigenvalue weighted by atomic mass is 15.0. The minimum absolute atomic E-state index is 0.872. The molecule has 0 bridgehead atoms. The summed E-state index contributed by atoms with van der Waals surface area (Å²) in [7, 11) is 2.06. The summed E-state index contributed by atoms with van der Waals surface area (Å²) >= 11 is 0. The van der Waals surface area contributed by atoms with E-state index in [-0.39, 0.29) is 0 Å². The highest BCUT2D eigenvalue weighted by molar-refractivity contribution is 5.88. The zero-order chi connectivity index (χ0) is 20.3. The van der Waals surface area contributed by atoms with Crippen LogP contribution in [-0.4, -0.2) is 4.57 Å². The van der Waals surface area contributed by atoms with Crippen LogP contribution in [0.3, 0.4) is 0 Å². The lowest BCUT2D eigenvalue weighted by atomic mass is 9.97. The first-order chi connectivity index (χ1) is 12.6. The molecule has 1 heteroatoms. The maximum absolute atomic E-state index is 4.00. The summed E-state index contributed by atoms with van der Waals surface area (Å²) in [5.74, 6) is 0. The first-order valence-electron chi connectivity index (χ1n) is 9.42. The van der Waals surface area contributed by atoms with Gasteiger partial charge in [-0.2, -0.15) is 0 Å². The minimum Gasteiger partial charge on any atom is -0.344 e. The molecule has 0 radical (unpaired) electrons. The number of hydrogen-bond donors (Lipinski definition) is 0. The molecule has 0 unspecified atom stereocenters. The van der Waals surface area contributed by atoms with Gasteiger partial charge in [0.05, 0.1) is 0 Å². The van der Waals surface area contributed by atoms with Crippen molar-refractivity contribution in [1.82, 2.24) is 4.57 Å². The molecule has 0 amide bonds. The van der Waals surface area contributed by atoms with E-state index in [0.717, 1.165) is 23.3 Å². The molecule has 0 atom stereocenters. The Morgan fingerprint density at radius 1 is 0.885 bits per heavy atom. The third kappa shape index (κ3) is 4.54. The molecule has 0 aliphatic heterocycles. The second-order valence-electron chi connectivity index (χ2n) is 5.26. The first-order valence-corrected chi connectivity index (χ1v) is 9.42. The molecule has 1 aromatic rings. The van der Waals surface area contributed by atoms with Crippen LogP contribution in [0.4, 0.5) is 0 Å². The predicted octanol–water partition coefficient (Wildman–Crippen LogP) is 7.85. The van der Waals surface area contributed by atoms with Crippen molar-refractivity contribution in [1.29, 1.82) is 0 Å². The van der Waals surface area contributed by atoms with Crippen LogP contribution in [0.15, 0.2) is 61.8 Å². The SMILES string of the molecule is C=CC1=C(C=C)CC(c2c(C=C)c(C=C)n(C)c2/C=C\C)=C1.CC.CC. The third-order valence-electron chi connectivity index (χ3n) is 4.12. The van der Waals surface area contributed by atoms with Gasteiger partial charge in [-0.05, 0) is 42.2 Å². The monoisotopic (exact) mass is 349 g/mol. The number of allylic oxidation sites excluding steroid dienone is 7. The van der Waals surface area contributed by atoms with Gasteiger partial charge < -0.3 is 4.57 Å². The van der Waals surface area contributed by atoms with E-state index in [1.54, 1.807) is 0 Å². The normalized spacial score (nSPS) is 12.6. The third-order valence-corrected chi connectivity index (χ3v) is 4.12. The van der Waals surface area contributed by atoms with Crippen molar-refractivity contribution in [2.24, 2.45) is 7.05 Å². The number of aromatic nitrogens is 1. The lowest BCUT2D eigenvalue weighted by molar-refractivity contribution is 0.900. The van der Waals surface area contributed by atoms with E-state index in [2.05, 4.69) is 56.2 Å². The van der Waals surface area contributed by atoms with Crippen LogP contribution in [0, 0.1) is 0 Å². The van der Waals surface area contributed by atoms with Crippen molar-refractivity contribution < 1.29 is 0 Å². The molecule has 0 fully saturated rings. The molecular weight excluding hydrogens is 314 g/mol. The summed E-state index contributed by atoms with van der Waals surface area (Å²) in [5.41, 5.74) is 8.26. The number of rotatable bonds is 6. The first kappa shape index (κ1) is 23.5. The average molecular weight is 350 g/mol. The maximum Gasteiger partial charge on any atom is 0.0488 e. The van der Waals surface area contributed by atoms with E-state index in [1.807, 2.05) is 58.9 Å². The van der Waals surface area contributed by atoms with Crippen LogP contribution in [0.2, 0.25) is 0 Å². The van der Waals surface area contributed by atoms with E-state index < -0.39 is 0 Å². The zero-order valence-corrected chi connectivity index (χ0v) is 17.5. The van der Waals surface area contributed by atoms with Crippen molar-refractivity contribution in [2.75, 3.05) is 0 Å². The topological polar surface area (TPSA) is 4.93 Å². The van der Waals surface area contributed by atoms with Crippen LogP contribution in [-0.2, 0) is 7.05 Å². The van der Waals surface area contributed by atoms with Crippen LogP contribution in [0.5, 0.6) is 0 Å². The fourth-order valence-corrected chi connectivity index (χ4v) is 3.07. The summed E-state index contributed by atoms with van der Waals surface area (Å²) in [6.07, 6.45) is 14.9. The van der Waals surface area contributed by atoms with E-state index >= 15 is 0 Å². The highest BCUT2D eigenvalue weighted by Gasteiger charge is 2.22. The van der Waals surface area contributed by atoms with Crippen LogP contribution in [0.25, 0.3) is 23.8 Å². The molecule has 1 aliphatic carbocycles. The molecule has 0 spiro atoms. The molecule has 2 rings (SSSR count). The summed E-state index contributed by atoms with van der Waals surface area (Å²) in [5, 5.41) is 0. The van der Waals surface area contributed by atoms with Gasteiger partial charge in [-0.1, -0.05) is 84.4 Å². The second kappa shape index (κ2) is 11.9. The van der Waals surface area contributed by atoms with Crippen molar-refractivity contribution in [2.45, 2.75) is 41.0 Å². The lowest BCUT2D eigenvalue weighted by Gasteiger charge is -2.06. The van der Waals surface area contributed by atoms with Crippen molar-refractivity contribution in [3.8, 4) is 0 Å². The van der Waals surface area contributed by atoms with Gasteiger partial charge in [0.15, 0.2) is 0 Å². The van der Waals surface area contributed by atoms with Crippen LogP contribution >= 0.6 is 0 Å². The van der Waals surface area contributed by atoms with Crippen LogP contribution < -0.4 is 0 Å². The largest absolute Gasteiger partial charge is 0.344 e. The van der Waals surface area contributed by atoms with Gasteiger partial charge in [-0.25, -0.2) is 0 Å². The minimum atomic E-state index is 0.872. The molecule has 26 heavy (non-hydrogen) atoms.